The zero-order valence-corrected chi connectivity index (χ0v) is 22.2. The lowest BCUT2D eigenvalue weighted by Gasteiger charge is -2.34. The Kier molecular flexibility index (Phi) is 6.45. The van der Waals surface area contributed by atoms with Crippen LogP contribution in [0, 0.1) is 18.6 Å². The fourth-order valence-corrected chi connectivity index (χ4v) is 5.03. The molecule has 1 saturated carbocycles. The molecule has 2 aliphatic rings. The average molecular weight is 547 g/mol. The van der Waals surface area contributed by atoms with Gasteiger partial charge in [-0.1, -0.05) is 0 Å². The Bertz CT molecular complexity index is 1500. The molecule has 0 unspecified atom stereocenters. The molecule has 1 aromatic carbocycles. The summed E-state index contributed by atoms with van der Waals surface area (Å²) in [5.74, 6) is -0.656. The van der Waals surface area contributed by atoms with E-state index in [1.165, 1.54) is 7.05 Å². The molecule has 11 nitrogen and oxygen atoms in total. The lowest BCUT2D eigenvalue weighted by Crippen LogP contribution is -2.49. The summed E-state index contributed by atoms with van der Waals surface area (Å²) in [5, 5.41) is 10.3. The smallest absolute Gasteiger partial charge is 0.241 e. The lowest BCUT2D eigenvalue weighted by atomic mass is 10.1. The molecule has 0 atom stereocenters. The molecule has 1 amide bonds. The minimum Gasteiger partial charge on any atom is -0.345 e. The second-order valence-corrected chi connectivity index (χ2v) is 11.8. The number of halogens is 2. The van der Waals surface area contributed by atoms with Crippen molar-refractivity contribution in [3.63, 3.8) is 0 Å². The number of benzene rings is 1. The summed E-state index contributed by atoms with van der Waals surface area (Å²) < 4.78 is 53.9. The highest BCUT2D eigenvalue weighted by molar-refractivity contribution is 7.90. The SMILES string of the molecule is Cc1cc(Nc2nc(N(C)c3c(F)cc(S(C)(=O)=O)cc3F)nc(N3CCN(C)C(=O)C3)c2C2CC2)n[nH]1. The number of amides is 1. The van der Waals surface area contributed by atoms with Crippen LogP contribution in [0.2, 0.25) is 0 Å². The molecule has 2 aromatic heterocycles. The molecule has 38 heavy (non-hydrogen) atoms. The Labute approximate surface area is 218 Å². The van der Waals surface area contributed by atoms with Crippen LogP contribution in [0.25, 0.3) is 0 Å². The van der Waals surface area contributed by atoms with E-state index >= 15 is 8.78 Å². The van der Waals surface area contributed by atoms with Crippen LogP contribution in [0.4, 0.5) is 37.9 Å². The molecule has 5 rings (SSSR count). The number of aromatic amines is 1. The molecule has 14 heteroatoms. The van der Waals surface area contributed by atoms with Crippen molar-refractivity contribution in [1.29, 1.82) is 0 Å². The molecule has 1 aliphatic heterocycles. The van der Waals surface area contributed by atoms with Gasteiger partial charge in [0.2, 0.25) is 11.9 Å². The molecule has 1 saturated heterocycles. The van der Waals surface area contributed by atoms with Gasteiger partial charge in [-0.2, -0.15) is 15.1 Å². The first kappa shape index (κ1) is 25.8. The minimum absolute atomic E-state index is 0.0320. The maximum Gasteiger partial charge on any atom is 0.241 e. The third kappa shape index (κ3) is 4.99. The second kappa shape index (κ2) is 9.49. The molecule has 0 bridgehead atoms. The number of sulfone groups is 1. The first-order valence-electron chi connectivity index (χ1n) is 12.0. The Morgan fingerprint density at radius 2 is 1.82 bits per heavy atom. The van der Waals surface area contributed by atoms with Gasteiger partial charge in [-0.25, -0.2) is 17.2 Å². The number of carbonyl (C=O) groups excluding carboxylic acids is 1. The number of nitrogens with one attached hydrogen (secondary N) is 2. The number of piperazine rings is 1. The predicted octanol–water partition coefficient (Wildman–Crippen LogP) is 2.86. The van der Waals surface area contributed by atoms with Gasteiger partial charge in [0.05, 0.1) is 11.4 Å². The van der Waals surface area contributed by atoms with Gasteiger partial charge < -0.3 is 20.0 Å². The van der Waals surface area contributed by atoms with Gasteiger partial charge in [-0.15, -0.1) is 0 Å². The van der Waals surface area contributed by atoms with Crippen molar-refractivity contribution in [2.75, 3.05) is 55.1 Å². The van der Waals surface area contributed by atoms with Crippen LogP contribution in [0.15, 0.2) is 23.1 Å². The molecule has 2 fully saturated rings. The van der Waals surface area contributed by atoms with E-state index in [2.05, 4.69) is 20.5 Å². The van der Waals surface area contributed by atoms with Crippen molar-refractivity contribution in [2.45, 2.75) is 30.6 Å². The van der Waals surface area contributed by atoms with E-state index in [1.807, 2.05) is 11.8 Å². The predicted molar refractivity (Wildman–Crippen MR) is 138 cm³/mol. The van der Waals surface area contributed by atoms with E-state index < -0.39 is 32.1 Å². The van der Waals surface area contributed by atoms with Crippen molar-refractivity contribution >= 4 is 44.8 Å². The largest absolute Gasteiger partial charge is 0.345 e. The van der Waals surface area contributed by atoms with Gasteiger partial charge in [0.15, 0.2) is 27.3 Å². The van der Waals surface area contributed by atoms with Crippen molar-refractivity contribution < 1.29 is 22.0 Å². The number of nitrogens with zero attached hydrogens (tertiary/aromatic N) is 6. The highest BCUT2D eigenvalue weighted by Crippen LogP contribution is 2.48. The molecular weight excluding hydrogens is 518 g/mol. The van der Waals surface area contributed by atoms with Crippen LogP contribution < -0.4 is 15.1 Å². The second-order valence-electron chi connectivity index (χ2n) is 9.75. The third-order valence-electron chi connectivity index (χ3n) is 6.66. The topological polar surface area (TPSA) is 127 Å². The molecule has 1 aliphatic carbocycles. The van der Waals surface area contributed by atoms with Crippen LogP contribution in [-0.4, -0.2) is 79.4 Å². The van der Waals surface area contributed by atoms with E-state index in [0.717, 1.165) is 47.4 Å². The average Bonchev–Trinajstić information content (AvgIpc) is 3.60. The summed E-state index contributed by atoms with van der Waals surface area (Å²) in [6.07, 6.45) is 2.71. The summed E-state index contributed by atoms with van der Waals surface area (Å²) in [7, 11) is -0.692. The summed E-state index contributed by atoms with van der Waals surface area (Å²) in [6.45, 7) is 2.97. The molecule has 2 N–H and O–H groups in total. The number of aryl methyl sites for hydroxylation is 1. The van der Waals surface area contributed by atoms with Gasteiger partial charge in [0.1, 0.15) is 17.3 Å². The Hall–Kier alpha value is -3.81. The maximum absolute atomic E-state index is 15.1. The Balaban J connectivity index is 1.64. The molecule has 3 aromatic rings. The van der Waals surface area contributed by atoms with Gasteiger partial charge in [-0.3, -0.25) is 9.89 Å². The lowest BCUT2D eigenvalue weighted by molar-refractivity contribution is -0.129. The Morgan fingerprint density at radius 1 is 1.13 bits per heavy atom. The monoisotopic (exact) mass is 546 g/mol. The van der Waals surface area contributed by atoms with Crippen molar-refractivity contribution in [3.8, 4) is 0 Å². The summed E-state index contributed by atoms with van der Waals surface area (Å²) in [4.78, 5) is 26.0. The molecule has 202 valence electrons. The van der Waals surface area contributed by atoms with E-state index in [-0.39, 0.29) is 24.3 Å². The normalized spacial score (nSPS) is 16.2. The zero-order chi connectivity index (χ0) is 27.4. The van der Waals surface area contributed by atoms with E-state index in [9.17, 15) is 13.2 Å². The zero-order valence-electron chi connectivity index (χ0n) is 21.4. The summed E-state index contributed by atoms with van der Waals surface area (Å²) in [5.41, 5.74) is 1.14. The first-order chi connectivity index (χ1) is 17.9. The van der Waals surface area contributed by atoms with Gasteiger partial charge in [0.25, 0.3) is 0 Å². The number of aromatic nitrogens is 4. The number of hydrogen-bond acceptors (Lipinski definition) is 9. The number of H-pyrrole nitrogens is 1. The summed E-state index contributed by atoms with van der Waals surface area (Å²) >= 11 is 0. The summed E-state index contributed by atoms with van der Waals surface area (Å²) in [6, 6.07) is 3.34. The highest BCUT2D eigenvalue weighted by Gasteiger charge is 2.36. The fraction of sp³-hybridized carbons (Fsp3) is 0.417. The molecule has 0 spiro atoms. The van der Waals surface area contributed by atoms with Crippen LogP contribution in [0.1, 0.15) is 30.0 Å². The number of likely N-dealkylation sites (N-methyl/N-ethyl adjacent to an activating group) is 1. The van der Waals surface area contributed by atoms with Crippen molar-refractivity contribution in [3.05, 3.63) is 41.1 Å². The fourth-order valence-electron chi connectivity index (χ4n) is 4.40. The van der Waals surface area contributed by atoms with E-state index in [0.29, 0.717) is 30.5 Å². The molecule has 3 heterocycles. The van der Waals surface area contributed by atoms with Crippen LogP contribution in [0.5, 0.6) is 0 Å². The molecule has 0 radical (unpaired) electrons. The van der Waals surface area contributed by atoms with Crippen LogP contribution in [0.3, 0.4) is 0 Å². The number of anilines is 5. The van der Waals surface area contributed by atoms with Crippen LogP contribution >= 0.6 is 0 Å². The van der Waals surface area contributed by atoms with Gasteiger partial charge in [0, 0.05) is 50.8 Å². The first-order valence-corrected chi connectivity index (χ1v) is 13.9. The molecular formula is C24H28F2N8O3S. The quantitative estimate of drug-likeness (QED) is 0.460. The van der Waals surface area contributed by atoms with E-state index in [1.54, 1.807) is 18.0 Å². The van der Waals surface area contributed by atoms with Crippen molar-refractivity contribution in [2.24, 2.45) is 0 Å². The Morgan fingerprint density at radius 3 is 2.37 bits per heavy atom. The number of rotatable bonds is 7. The maximum atomic E-state index is 15.1. The third-order valence-corrected chi connectivity index (χ3v) is 7.75. The number of hydrogen-bond donors (Lipinski definition) is 2. The highest BCUT2D eigenvalue weighted by atomic mass is 32.2. The van der Waals surface area contributed by atoms with Crippen LogP contribution in [-0.2, 0) is 14.6 Å². The standard InChI is InChI=1S/C24H28F2N8O3S/c1-13-9-18(31-30-13)27-22-20(14-5-6-14)23(34-8-7-32(2)19(35)12-34)29-24(28-22)33(3)21-16(25)10-15(11-17(21)26)38(4,36)37/h9-11,14H,5-8,12H2,1-4H3,(H2,27,28,29,30,31). The van der Waals surface area contributed by atoms with Crippen molar-refractivity contribution in [1.82, 2.24) is 25.1 Å². The van der Waals surface area contributed by atoms with Gasteiger partial charge in [-0.05, 0) is 37.8 Å². The van der Waals surface area contributed by atoms with Gasteiger partial charge >= 0.3 is 0 Å². The number of carbonyl (C=O) groups is 1. The van der Waals surface area contributed by atoms with E-state index in [4.69, 9.17) is 4.98 Å². The minimum atomic E-state index is -3.83.